The van der Waals surface area contributed by atoms with E-state index in [1.54, 1.807) is 19.1 Å². The molecule has 8 nitrogen and oxygen atoms in total. The summed E-state index contributed by atoms with van der Waals surface area (Å²) in [5.74, 6) is -0.104. The maximum Gasteiger partial charge on any atom is 0.340 e. The first-order chi connectivity index (χ1) is 9.85. The number of hydrogen-bond donors (Lipinski definition) is 1. The fourth-order valence-electron chi connectivity index (χ4n) is 1.55. The highest BCUT2D eigenvalue weighted by Gasteiger charge is 2.16. The number of rotatable bonds is 5. The number of sulfonamides is 1. The summed E-state index contributed by atoms with van der Waals surface area (Å²) in [7, 11) is -3.50. The van der Waals surface area contributed by atoms with Gasteiger partial charge in [0.1, 0.15) is 0 Å². The molecule has 1 aromatic heterocycles. The average Bonchev–Trinajstić information content (AvgIpc) is 2.80. The summed E-state index contributed by atoms with van der Waals surface area (Å²) in [6.45, 7) is 1.45. The van der Waals surface area contributed by atoms with Crippen molar-refractivity contribution in [3.05, 3.63) is 41.5 Å². The van der Waals surface area contributed by atoms with E-state index in [4.69, 9.17) is 9.26 Å². The molecule has 1 heterocycles. The Hall–Kier alpha value is -2.42. The van der Waals surface area contributed by atoms with E-state index >= 15 is 0 Å². The van der Waals surface area contributed by atoms with Crippen LogP contribution in [-0.4, -0.2) is 30.8 Å². The van der Waals surface area contributed by atoms with Crippen LogP contribution >= 0.6 is 0 Å². The molecule has 0 fully saturated rings. The van der Waals surface area contributed by atoms with Gasteiger partial charge >= 0.3 is 5.97 Å². The Morgan fingerprint density at radius 2 is 2.10 bits per heavy atom. The number of benzene rings is 1. The number of aromatic nitrogens is 2. The lowest BCUT2D eigenvalue weighted by molar-refractivity contribution is 0.0431. The lowest BCUT2D eigenvalue weighted by Crippen LogP contribution is -2.14. The summed E-state index contributed by atoms with van der Waals surface area (Å²) >= 11 is 0. The molecule has 2 aromatic rings. The summed E-state index contributed by atoms with van der Waals surface area (Å²) in [6, 6.07) is 6.12. The molecule has 21 heavy (non-hydrogen) atoms. The number of ether oxygens (including phenoxy) is 1. The molecule has 9 heteroatoms. The minimum atomic E-state index is -3.50. The Morgan fingerprint density at radius 1 is 1.38 bits per heavy atom. The molecule has 1 aromatic carbocycles. The fraction of sp³-hybridized carbons (Fsp3) is 0.250. The summed E-state index contributed by atoms with van der Waals surface area (Å²) < 4.78 is 34.6. The summed E-state index contributed by atoms with van der Waals surface area (Å²) in [4.78, 5) is 15.9. The van der Waals surface area contributed by atoms with E-state index in [1.807, 2.05) is 0 Å². The van der Waals surface area contributed by atoms with E-state index in [9.17, 15) is 13.2 Å². The van der Waals surface area contributed by atoms with Crippen LogP contribution in [0.4, 0.5) is 5.69 Å². The van der Waals surface area contributed by atoms with Crippen molar-refractivity contribution in [3.63, 3.8) is 0 Å². The van der Waals surface area contributed by atoms with Crippen molar-refractivity contribution >= 4 is 21.7 Å². The molecular formula is C12H13N3O5S. The van der Waals surface area contributed by atoms with Crippen molar-refractivity contribution in [3.8, 4) is 0 Å². The van der Waals surface area contributed by atoms with E-state index in [1.165, 1.54) is 12.1 Å². The van der Waals surface area contributed by atoms with Crippen LogP contribution in [0.25, 0.3) is 0 Å². The van der Waals surface area contributed by atoms with E-state index in [0.29, 0.717) is 5.82 Å². The first-order valence-electron chi connectivity index (χ1n) is 5.88. The second-order valence-electron chi connectivity index (χ2n) is 4.23. The predicted molar refractivity (Wildman–Crippen MR) is 73.1 cm³/mol. The number of carbonyl (C=O) groups is 1. The van der Waals surface area contributed by atoms with Crippen LogP contribution in [-0.2, 0) is 21.4 Å². The zero-order chi connectivity index (χ0) is 15.5. The number of nitrogens with zero attached hydrogens (tertiary/aromatic N) is 2. The van der Waals surface area contributed by atoms with Crippen LogP contribution in [0, 0.1) is 6.92 Å². The molecule has 1 N–H and O–H groups in total. The fourth-order valence-corrected chi connectivity index (χ4v) is 2.13. The van der Waals surface area contributed by atoms with Gasteiger partial charge in [-0.1, -0.05) is 17.3 Å². The molecule has 0 bridgehead atoms. The van der Waals surface area contributed by atoms with E-state index < -0.39 is 16.0 Å². The molecular weight excluding hydrogens is 298 g/mol. The van der Waals surface area contributed by atoms with Gasteiger partial charge < -0.3 is 9.26 Å². The highest BCUT2D eigenvalue weighted by atomic mass is 32.2. The first kappa shape index (κ1) is 15.0. The Bertz CT molecular complexity index is 754. The lowest BCUT2D eigenvalue weighted by atomic mass is 10.2. The van der Waals surface area contributed by atoms with Gasteiger partial charge in [-0.3, -0.25) is 4.72 Å². The van der Waals surface area contributed by atoms with Crippen LogP contribution in [0.2, 0.25) is 0 Å². The predicted octanol–water partition coefficient (Wildman–Crippen LogP) is 1.11. The van der Waals surface area contributed by atoms with Gasteiger partial charge in [0.2, 0.25) is 10.0 Å². The minimum Gasteiger partial charge on any atom is -0.452 e. The molecule has 0 amide bonds. The topological polar surface area (TPSA) is 111 Å². The number of esters is 1. The van der Waals surface area contributed by atoms with Gasteiger partial charge in [0.25, 0.3) is 5.89 Å². The molecule has 0 aliphatic heterocycles. The Kier molecular flexibility index (Phi) is 4.22. The maximum absolute atomic E-state index is 12.0. The van der Waals surface area contributed by atoms with Crippen molar-refractivity contribution in [2.24, 2.45) is 0 Å². The van der Waals surface area contributed by atoms with E-state index in [-0.39, 0.29) is 23.7 Å². The zero-order valence-electron chi connectivity index (χ0n) is 11.4. The van der Waals surface area contributed by atoms with Crippen molar-refractivity contribution < 1.29 is 22.5 Å². The highest BCUT2D eigenvalue weighted by Crippen LogP contribution is 2.17. The lowest BCUT2D eigenvalue weighted by Gasteiger charge is -2.09. The molecule has 0 saturated carbocycles. The molecule has 0 aliphatic rings. The summed E-state index contributed by atoms with van der Waals surface area (Å²) in [5.41, 5.74) is 0.242. The van der Waals surface area contributed by atoms with Crippen LogP contribution < -0.4 is 4.72 Å². The monoisotopic (exact) mass is 311 g/mol. The van der Waals surface area contributed by atoms with Crippen LogP contribution in [0.5, 0.6) is 0 Å². The summed E-state index contributed by atoms with van der Waals surface area (Å²) in [5, 5.41) is 3.56. The SMILES string of the molecule is Cc1noc(COC(=O)c2ccccc2NS(C)(=O)=O)n1. The van der Waals surface area contributed by atoms with Gasteiger partial charge in [-0.05, 0) is 19.1 Å². The van der Waals surface area contributed by atoms with Gasteiger partial charge in [0, 0.05) is 0 Å². The standard InChI is InChI=1S/C12H13N3O5S/c1-8-13-11(20-14-8)7-19-12(16)9-5-3-4-6-10(9)15-21(2,17)18/h3-6,15H,7H2,1-2H3. The van der Waals surface area contributed by atoms with E-state index in [2.05, 4.69) is 14.9 Å². The average molecular weight is 311 g/mol. The smallest absolute Gasteiger partial charge is 0.340 e. The van der Waals surface area contributed by atoms with Crippen molar-refractivity contribution in [1.29, 1.82) is 0 Å². The zero-order valence-corrected chi connectivity index (χ0v) is 12.2. The number of aryl methyl sites for hydroxylation is 1. The maximum atomic E-state index is 12.0. The molecule has 112 valence electrons. The van der Waals surface area contributed by atoms with Gasteiger partial charge in [-0.25, -0.2) is 13.2 Å². The third-order valence-corrected chi connectivity index (χ3v) is 2.93. The van der Waals surface area contributed by atoms with Gasteiger partial charge in [-0.15, -0.1) is 0 Å². The number of hydrogen-bond acceptors (Lipinski definition) is 7. The number of carbonyl (C=O) groups excluding carboxylic acids is 1. The van der Waals surface area contributed by atoms with Gasteiger partial charge in [0.15, 0.2) is 12.4 Å². The summed E-state index contributed by atoms with van der Waals surface area (Å²) in [6.07, 6.45) is 0.996. The molecule has 0 spiro atoms. The van der Waals surface area contributed by atoms with E-state index in [0.717, 1.165) is 6.26 Å². The molecule has 0 atom stereocenters. The van der Waals surface area contributed by atoms with Crippen LogP contribution in [0.15, 0.2) is 28.8 Å². The molecule has 0 saturated heterocycles. The molecule has 0 aliphatic carbocycles. The van der Waals surface area contributed by atoms with Crippen molar-refractivity contribution in [2.45, 2.75) is 13.5 Å². The molecule has 0 radical (unpaired) electrons. The van der Waals surface area contributed by atoms with Crippen molar-refractivity contribution in [2.75, 3.05) is 11.0 Å². The molecule has 0 unspecified atom stereocenters. The quantitative estimate of drug-likeness (QED) is 0.823. The molecule has 2 rings (SSSR count). The highest BCUT2D eigenvalue weighted by molar-refractivity contribution is 7.92. The number of para-hydroxylation sites is 1. The third kappa shape index (κ3) is 4.28. The Labute approximate surface area is 121 Å². The Morgan fingerprint density at radius 3 is 2.71 bits per heavy atom. The number of nitrogens with one attached hydrogen (secondary N) is 1. The largest absolute Gasteiger partial charge is 0.452 e. The Balaban J connectivity index is 2.12. The second-order valence-corrected chi connectivity index (χ2v) is 5.98. The second kappa shape index (κ2) is 5.92. The van der Waals surface area contributed by atoms with Gasteiger partial charge in [0.05, 0.1) is 17.5 Å². The van der Waals surface area contributed by atoms with Crippen LogP contribution in [0.3, 0.4) is 0 Å². The third-order valence-electron chi connectivity index (χ3n) is 2.34. The minimum absolute atomic E-state index is 0.0964. The normalized spacial score (nSPS) is 11.1. The number of anilines is 1. The first-order valence-corrected chi connectivity index (χ1v) is 7.77. The van der Waals surface area contributed by atoms with Gasteiger partial charge in [-0.2, -0.15) is 4.98 Å². The van der Waals surface area contributed by atoms with Crippen LogP contribution in [0.1, 0.15) is 22.1 Å². The van der Waals surface area contributed by atoms with Crippen molar-refractivity contribution in [1.82, 2.24) is 10.1 Å².